The molecule has 1 fully saturated rings. The van der Waals surface area contributed by atoms with Gasteiger partial charge in [0.05, 0.1) is 7.11 Å². The van der Waals surface area contributed by atoms with Gasteiger partial charge in [-0.25, -0.2) is 4.79 Å². The summed E-state index contributed by atoms with van der Waals surface area (Å²) >= 11 is 0. The standard InChI is InChI=1S/C19H22N4O3/c1-26-19(25)16(13-14-7-3-2-4-8-14)20-18(24)15-9-10-17(22-21-15)23-11-5-6-12-23/h2-4,7-10,16H,5-6,11-13H2,1H3,(H,20,24)/t16-/m1/s1. The Morgan fingerprint density at radius 1 is 1.12 bits per heavy atom. The summed E-state index contributed by atoms with van der Waals surface area (Å²) in [5, 5.41) is 10.8. The largest absolute Gasteiger partial charge is 0.467 e. The first-order chi connectivity index (χ1) is 12.7. The molecular formula is C19H22N4O3. The molecule has 0 bridgehead atoms. The van der Waals surface area contributed by atoms with Crippen LogP contribution in [-0.4, -0.2) is 48.3 Å². The molecule has 26 heavy (non-hydrogen) atoms. The van der Waals surface area contributed by atoms with E-state index in [9.17, 15) is 9.59 Å². The predicted molar refractivity (Wildman–Crippen MR) is 96.9 cm³/mol. The minimum Gasteiger partial charge on any atom is -0.467 e. The van der Waals surface area contributed by atoms with Crippen LogP contribution < -0.4 is 10.2 Å². The van der Waals surface area contributed by atoms with Crippen molar-refractivity contribution < 1.29 is 14.3 Å². The van der Waals surface area contributed by atoms with Gasteiger partial charge in [0.1, 0.15) is 6.04 Å². The van der Waals surface area contributed by atoms with Crippen molar-refractivity contribution in [1.82, 2.24) is 15.5 Å². The van der Waals surface area contributed by atoms with Gasteiger partial charge in [0.15, 0.2) is 11.5 Å². The summed E-state index contributed by atoms with van der Waals surface area (Å²) in [6.07, 6.45) is 2.63. The van der Waals surface area contributed by atoms with E-state index in [0.717, 1.165) is 37.3 Å². The average molecular weight is 354 g/mol. The predicted octanol–water partition coefficient (Wildman–Crippen LogP) is 1.59. The highest BCUT2D eigenvalue weighted by atomic mass is 16.5. The van der Waals surface area contributed by atoms with Gasteiger partial charge in [-0.15, -0.1) is 10.2 Å². The van der Waals surface area contributed by atoms with Crippen molar-refractivity contribution in [2.24, 2.45) is 0 Å². The number of benzene rings is 1. The van der Waals surface area contributed by atoms with Crippen LogP contribution in [0.25, 0.3) is 0 Å². The molecule has 3 rings (SSSR count). The van der Waals surface area contributed by atoms with E-state index in [1.165, 1.54) is 7.11 Å². The van der Waals surface area contributed by atoms with Gasteiger partial charge in [-0.1, -0.05) is 30.3 Å². The molecule has 1 amide bonds. The van der Waals surface area contributed by atoms with E-state index in [-0.39, 0.29) is 5.69 Å². The van der Waals surface area contributed by atoms with Crippen molar-refractivity contribution in [1.29, 1.82) is 0 Å². The first-order valence-electron chi connectivity index (χ1n) is 8.68. The Hall–Kier alpha value is -2.96. The van der Waals surface area contributed by atoms with E-state index in [1.807, 2.05) is 30.3 Å². The highest BCUT2D eigenvalue weighted by Gasteiger charge is 2.23. The van der Waals surface area contributed by atoms with Crippen molar-refractivity contribution in [3.63, 3.8) is 0 Å². The number of methoxy groups -OCH3 is 1. The number of esters is 1. The zero-order valence-electron chi connectivity index (χ0n) is 14.7. The molecule has 1 atom stereocenters. The number of amides is 1. The third kappa shape index (κ3) is 4.36. The fraction of sp³-hybridized carbons (Fsp3) is 0.368. The van der Waals surface area contributed by atoms with Crippen LogP contribution in [-0.2, 0) is 16.0 Å². The molecule has 136 valence electrons. The normalized spacial score (nSPS) is 14.7. The van der Waals surface area contributed by atoms with Crippen LogP contribution in [0.2, 0.25) is 0 Å². The second kappa shape index (κ2) is 8.42. The van der Waals surface area contributed by atoms with Gasteiger partial charge in [-0.05, 0) is 30.5 Å². The Bertz CT molecular complexity index is 743. The fourth-order valence-electron chi connectivity index (χ4n) is 2.98. The minimum absolute atomic E-state index is 0.176. The summed E-state index contributed by atoms with van der Waals surface area (Å²) in [5.74, 6) is -0.173. The van der Waals surface area contributed by atoms with Crippen molar-refractivity contribution in [3.05, 3.63) is 53.7 Å². The highest BCUT2D eigenvalue weighted by molar-refractivity contribution is 5.95. The Morgan fingerprint density at radius 3 is 2.46 bits per heavy atom. The molecule has 2 aromatic rings. The highest BCUT2D eigenvalue weighted by Crippen LogP contribution is 2.16. The lowest BCUT2D eigenvalue weighted by atomic mass is 10.1. The van der Waals surface area contributed by atoms with Crippen LogP contribution in [0.1, 0.15) is 28.9 Å². The quantitative estimate of drug-likeness (QED) is 0.793. The van der Waals surface area contributed by atoms with E-state index in [4.69, 9.17) is 4.74 Å². The fourth-order valence-corrected chi connectivity index (χ4v) is 2.98. The van der Waals surface area contributed by atoms with Crippen molar-refractivity contribution in [3.8, 4) is 0 Å². The number of ether oxygens (including phenoxy) is 1. The molecule has 0 spiro atoms. The van der Waals surface area contributed by atoms with Crippen LogP contribution in [0, 0.1) is 0 Å². The zero-order chi connectivity index (χ0) is 18.4. The molecule has 2 heterocycles. The number of carbonyl (C=O) groups is 2. The molecule has 0 unspecified atom stereocenters. The number of hydrogen-bond acceptors (Lipinski definition) is 6. The molecule has 1 aliphatic rings. The Kier molecular flexibility index (Phi) is 5.78. The molecule has 7 nitrogen and oxygen atoms in total. The monoisotopic (exact) mass is 354 g/mol. The lowest BCUT2D eigenvalue weighted by Crippen LogP contribution is -2.43. The summed E-state index contributed by atoms with van der Waals surface area (Å²) in [4.78, 5) is 26.6. The van der Waals surface area contributed by atoms with Crippen LogP contribution in [0.5, 0.6) is 0 Å². The van der Waals surface area contributed by atoms with Gasteiger partial charge in [-0.2, -0.15) is 0 Å². The van der Waals surface area contributed by atoms with Gasteiger partial charge in [0.2, 0.25) is 0 Å². The number of rotatable bonds is 6. The van der Waals surface area contributed by atoms with Crippen LogP contribution in [0.15, 0.2) is 42.5 Å². The van der Waals surface area contributed by atoms with E-state index in [2.05, 4.69) is 20.4 Å². The van der Waals surface area contributed by atoms with Crippen LogP contribution in [0.4, 0.5) is 5.82 Å². The summed E-state index contributed by atoms with van der Waals surface area (Å²) in [5.41, 5.74) is 1.11. The molecule has 0 radical (unpaired) electrons. The molecule has 0 aliphatic carbocycles. The van der Waals surface area contributed by atoms with Gasteiger partial charge >= 0.3 is 5.97 Å². The summed E-state index contributed by atoms with van der Waals surface area (Å²) < 4.78 is 4.81. The Morgan fingerprint density at radius 2 is 1.85 bits per heavy atom. The summed E-state index contributed by atoms with van der Waals surface area (Å²) in [7, 11) is 1.30. The smallest absolute Gasteiger partial charge is 0.328 e. The molecule has 7 heteroatoms. The van der Waals surface area contributed by atoms with Gasteiger partial charge < -0.3 is 15.0 Å². The van der Waals surface area contributed by atoms with Crippen molar-refractivity contribution >= 4 is 17.7 Å². The topological polar surface area (TPSA) is 84.4 Å². The molecule has 1 aliphatic heterocycles. The van der Waals surface area contributed by atoms with E-state index in [1.54, 1.807) is 12.1 Å². The van der Waals surface area contributed by atoms with E-state index < -0.39 is 17.9 Å². The summed E-state index contributed by atoms with van der Waals surface area (Å²) in [6, 6.07) is 12.1. The van der Waals surface area contributed by atoms with Gasteiger partial charge in [0, 0.05) is 19.5 Å². The maximum absolute atomic E-state index is 12.5. The lowest BCUT2D eigenvalue weighted by molar-refractivity contribution is -0.142. The second-order valence-electron chi connectivity index (χ2n) is 6.21. The van der Waals surface area contributed by atoms with Crippen molar-refractivity contribution in [2.45, 2.75) is 25.3 Å². The minimum atomic E-state index is -0.782. The van der Waals surface area contributed by atoms with Gasteiger partial charge in [-0.3, -0.25) is 4.79 Å². The molecule has 1 saturated heterocycles. The molecular weight excluding hydrogens is 332 g/mol. The summed E-state index contributed by atoms with van der Waals surface area (Å²) in [6.45, 7) is 1.92. The maximum atomic E-state index is 12.5. The van der Waals surface area contributed by atoms with Gasteiger partial charge in [0.25, 0.3) is 5.91 Å². The number of nitrogens with zero attached hydrogens (tertiary/aromatic N) is 3. The maximum Gasteiger partial charge on any atom is 0.328 e. The average Bonchev–Trinajstić information content (AvgIpc) is 3.22. The molecule has 0 saturated carbocycles. The van der Waals surface area contributed by atoms with Crippen LogP contribution in [0.3, 0.4) is 0 Å². The number of aromatic nitrogens is 2. The number of anilines is 1. The van der Waals surface area contributed by atoms with E-state index >= 15 is 0 Å². The number of hydrogen-bond donors (Lipinski definition) is 1. The number of carbonyl (C=O) groups excluding carboxylic acids is 2. The first kappa shape index (κ1) is 17.8. The Labute approximate surface area is 152 Å². The SMILES string of the molecule is COC(=O)[C@@H](Cc1ccccc1)NC(=O)c1ccc(N2CCCC2)nn1. The third-order valence-corrected chi connectivity index (χ3v) is 4.39. The Balaban J connectivity index is 1.67. The molecule has 1 aromatic carbocycles. The first-order valence-corrected chi connectivity index (χ1v) is 8.68. The zero-order valence-corrected chi connectivity index (χ0v) is 14.7. The van der Waals surface area contributed by atoms with E-state index in [0.29, 0.717) is 6.42 Å². The number of nitrogens with one attached hydrogen (secondary N) is 1. The molecule has 1 N–H and O–H groups in total. The third-order valence-electron chi connectivity index (χ3n) is 4.39. The second-order valence-corrected chi connectivity index (χ2v) is 6.21. The van der Waals surface area contributed by atoms with Crippen molar-refractivity contribution in [2.75, 3.05) is 25.1 Å². The molecule has 1 aromatic heterocycles. The van der Waals surface area contributed by atoms with Crippen LogP contribution >= 0.6 is 0 Å². The lowest BCUT2D eigenvalue weighted by Gasteiger charge is -2.17.